The summed E-state index contributed by atoms with van der Waals surface area (Å²) in [5.74, 6) is 0.889. The highest BCUT2D eigenvalue weighted by Gasteiger charge is 2.31. The van der Waals surface area contributed by atoms with Gasteiger partial charge in [-0.1, -0.05) is 24.3 Å². The average Bonchev–Trinajstić information content (AvgIpc) is 2.67. The second-order valence-corrected chi connectivity index (χ2v) is 9.13. The number of amides is 1. The molecular weight excluding hydrogens is 392 g/mol. The third-order valence-electron chi connectivity index (χ3n) is 4.76. The number of ether oxygens (including phenoxy) is 2. The van der Waals surface area contributed by atoms with Crippen molar-refractivity contribution >= 4 is 21.6 Å². The fourth-order valence-corrected chi connectivity index (χ4v) is 4.49. The molecule has 2 atom stereocenters. The van der Waals surface area contributed by atoms with Crippen LogP contribution in [0.5, 0.6) is 11.5 Å². The van der Waals surface area contributed by atoms with Crippen molar-refractivity contribution in [3.05, 3.63) is 53.6 Å². The number of anilines is 1. The van der Waals surface area contributed by atoms with Gasteiger partial charge in [-0.2, -0.15) is 0 Å². The Morgan fingerprint density at radius 3 is 2.59 bits per heavy atom. The Labute approximate surface area is 171 Å². The van der Waals surface area contributed by atoms with Crippen LogP contribution in [0, 0.1) is 13.8 Å². The van der Waals surface area contributed by atoms with Crippen molar-refractivity contribution in [2.75, 3.05) is 23.7 Å². The van der Waals surface area contributed by atoms with Crippen LogP contribution in [0.3, 0.4) is 0 Å². The van der Waals surface area contributed by atoms with Gasteiger partial charge in [-0.25, -0.2) is 8.42 Å². The lowest BCUT2D eigenvalue weighted by molar-refractivity contribution is -0.122. The first kappa shape index (κ1) is 21.0. The Kier molecular flexibility index (Phi) is 6.02. The number of para-hydroxylation sites is 2. The van der Waals surface area contributed by atoms with Crippen LogP contribution in [0.1, 0.15) is 18.1 Å². The van der Waals surface area contributed by atoms with Crippen LogP contribution in [0.15, 0.2) is 42.5 Å². The van der Waals surface area contributed by atoms with E-state index in [1.54, 1.807) is 19.1 Å². The van der Waals surface area contributed by atoms with Gasteiger partial charge in [0, 0.05) is 0 Å². The Morgan fingerprint density at radius 1 is 1.21 bits per heavy atom. The zero-order chi connectivity index (χ0) is 21.2. The number of rotatable bonds is 6. The summed E-state index contributed by atoms with van der Waals surface area (Å²) in [6.45, 7) is 5.79. The SMILES string of the molecule is Cc1ccc(C)c(N(C(C)C(=O)NCC2COc3ccccc3O2)S(C)(=O)=O)c1. The maximum Gasteiger partial charge on any atom is 0.243 e. The number of carbonyl (C=O) groups excluding carboxylic acids is 1. The Hall–Kier alpha value is -2.74. The third kappa shape index (κ3) is 4.82. The van der Waals surface area contributed by atoms with E-state index in [0.717, 1.165) is 21.7 Å². The first-order valence-corrected chi connectivity index (χ1v) is 11.2. The molecule has 3 rings (SSSR count). The molecule has 2 unspecified atom stereocenters. The molecule has 0 fully saturated rings. The number of nitrogens with zero attached hydrogens (tertiary/aromatic N) is 1. The van der Waals surface area contributed by atoms with Crippen LogP contribution in [0.25, 0.3) is 0 Å². The average molecular weight is 419 g/mol. The molecule has 7 nitrogen and oxygen atoms in total. The number of hydrogen-bond donors (Lipinski definition) is 1. The standard InChI is InChI=1S/C21H26N2O5S/c1-14-9-10-15(2)18(11-14)23(29(4,25)26)16(3)21(24)22-12-17-13-27-19-7-5-6-8-20(19)28-17/h5-11,16-17H,12-13H2,1-4H3,(H,22,24). The van der Waals surface area contributed by atoms with Crippen LogP contribution in [0.4, 0.5) is 5.69 Å². The quantitative estimate of drug-likeness (QED) is 0.779. The monoisotopic (exact) mass is 418 g/mol. The number of sulfonamides is 1. The van der Waals surface area contributed by atoms with Crippen LogP contribution < -0.4 is 19.1 Å². The van der Waals surface area contributed by atoms with Gasteiger partial charge in [-0.3, -0.25) is 9.10 Å². The lowest BCUT2D eigenvalue weighted by atomic mass is 10.1. The van der Waals surface area contributed by atoms with Gasteiger partial charge in [0.2, 0.25) is 15.9 Å². The number of hydrogen-bond acceptors (Lipinski definition) is 5. The summed E-state index contributed by atoms with van der Waals surface area (Å²) >= 11 is 0. The number of fused-ring (bicyclic) bond motifs is 1. The second-order valence-electron chi connectivity index (χ2n) is 7.27. The smallest absolute Gasteiger partial charge is 0.243 e. The van der Waals surface area contributed by atoms with Crippen LogP contribution in [-0.2, 0) is 14.8 Å². The number of carbonyl (C=O) groups is 1. The summed E-state index contributed by atoms with van der Waals surface area (Å²) in [7, 11) is -3.67. The summed E-state index contributed by atoms with van der Waals surface area (Å²) in [6.07, 6.45) is 0.751. The Bertz CT molecular complexity index is 1010. The highest BCUT2D eigenvalue weighted by molar-refractivity contribution is 7.92. The summed E-state index contributed by atoms with van der Waals surface area (Å²) in [5, 5.41) is 2.79. The molecule has 2 aromatic rings. The molecule has 8 heteroatoms. The van der Waals surface area contributed by atoms with Gasteiger partial charge in [0.05, 0.1) is 18.5 Å². The minimum atomic E-state index is -3.67. The van der Waals surface area contributed by atoms with Gasteiger partial charge in [0.15, 0.2) is 11.5 Å². The van der Waals surface area contributed by atoms with Crippen molar-refractivity contribution in [2.45, 2.75) is 32.9 Å². The number of benzene rings is 2. The molecule has 1 amide bonds. The summed E-state index contributed by atoms with van der Waals surface area (Å²) in [5.41, 5.74) is 2.20. The van der Waals surface area contributed by atoms with Gasteiger partial charge in [-0.05, 0) is 50.1 Å². The highest BCUT2D eigenvalue weighted by Crippen LogP contribution is 2.31. The van der Waals surface area contributed by atoms with E-state index >= 15 is 0 Å². The molecule has 0 aliphatic carbocycles. The van der Waals surface area contributed by atoms with E-state index in [-0.39, 0.29) is 12.6 Å². The maximum atomic E-state index is 12.8. The normalized spacial score (nSPS) is 16.8. The molecule has 0 spiro atoms. The fraction of sp³-hybridized carbons (Fsp3) is 0.381. The Balaban J connectivity index is 1.71. The first-order chi connectivity index (χ1) is 13.7. The zero-order valence-electron chi connectivity index (χ0n) is 17.0. The predicted octanol–water partition coefficient (Wildman–Crippen LogP) is 2.41. The van der Waals surface area contributed by atoms with Gasteiger partial charge >= 0.3 is 0 Å². The van der Waals surface area contributed by atoms with Crippen molar-refractivity contribution in [3.8, 4) is 11.5 Å². The third-order valence-corrected chi connectivity index (χ3v) is 5.99. The summed E-state index contributed by atoms with van der Waals surface area (Å²) < 4.78 is 37.6. The molecule has 29 heavy (non-hydrogen) atoms. The first-order valence-electron chi connectivity index (χ1n) is 9.39. The maximum absolute atomic E-state index is 12.8. The van der Waals surface area contributed by atoms with E-state index < -0.39 is 22.0 Å². The van der Waals surface area contributed by atoms with E-state index in [1.165, 1.54) is 0 Å². The lowest BCUT2D eigenvalue weighted by Crippen LogP contribution is -2.50. The van der Waals surface area contributed by atoms with E-state index in [4.69, 9.17) is 9.47 Å². The van der Waals surface area contributed by atoms with Crippen molar-refractivity contribution in [3.63, 3.8) is 0 Å². The van der Waals surface area contributed by atoms with Crippen molar-refractivity contribution in [2.24, 2.45) is 0 Å². The largest absolute Gasteiger partial charge is 0.486 e. The van der Waals surface area contributed by atoms with E-state index in [9.17, 15) is 13.2 Å². The molecule has 0 bridgehead atoms. The lowest BCUT2D eigenvalue weighted by Gasteiger charge is -2.31. The minimum Gasteiger partial charge on any atom is -0.486 e. The van der Waals surface area contributed by atoms with Crippen LogP contribution >= 0.6 is 0 Å². The topological polar surface area (TPSA) is 84.9 Å². The summed E-state index contributed by atoms with van der Waals surface area (Å²) in [4.78, 5) is 12.8. The highest BCUT2D eigenvalue weighted by atomic mass is 32.2. The molecule has 1 aliphatic rings. The summed E-state index contributed by atoms with van der Waals surface area (Å²) in [6, 6.07) is 11.9. The number of nitrogens with one attached hydrogen (secondary N) is 1. The fourth-order valence-electron chi connectivity index (χ4n) is 3.26. The number of aryl methyl sites for hydroxylation is 2. The molecule has 1 N–H and O–H groups in total. The Morgan fingerprint density at radius 2 is 1.90 bits per heavy atom. The molecule has 0 aromatic heterocycles. The molecule has 0 saturated heterocycles. The molecule has 1 heterocycles. The molecular formula is C21H26N2O5S. The van der Waals surface area contributed by atoms with E-state index in [1.807, 2.05) is 44.2 Å². The van der Waals surface area contributed by atoms with Crippen molar-refractivity contribution in [1.82, 2.24) is 5.32 Å². The molecule has 0 saturated carbocycles. The van der Waals surface area contributed by atoms with Crippen LogP contribution in [-0.4, -0.2) is 45.9 Å². The molecule has 156 valence electrons. The van der Waals surface area contributed by atoms with Crippen molar-refractivity contribution in [1.29, 1.82) is 0 Å². The van der Waals surface area contributed by atoms with Gasteiger partial charge in [0.1, 0.15) is 18.8 Å². The predicted molar refractivity (Wildman–Crippen MR) is 112 cm³/mol. The van der Waals surface area contributed by atoms with Crippen LogP contribution in [0.2, 0.25) is 0 Å². The minimum absolute atomic E-state index is 0.210. The van der Waals surface area contributed by atoms with Gasteiger partial charge < -0.3 is 14.8 Å². The second kappa shape index (κ2) is 8.32. The molecule has 1 aliphatic heterocycles. The zero-order valence-corrected chi connectivity index (χ0v) is 17.8. The van der Waals surface area contributed by atoms with Crippen molar-refractivity contribution < 1.29 is 22.7 Å². The molecule has 2 aromatic carbocycles. The van der Waals surface area contributed by atoms with E-state index in [0.29, 0.717) is 23.8 Å². The van der Waals surface area contributed by atoms with E-state index in [2.05, 4.69) is 5.32 Å². The molecule has 0 radical (unpaired) electrons. The van der Waals surface area contributed by atoms with Gasteiger partial charge in [0.25, 0.3) is 0 Å². The van der Waals surface area contributed by atoms with Gasteiger partial charge in [-0.15, -0.1) is 0 Å².